The summed E-state index contributed by atoms with van der Waals surface area (Å²) in [5.41, 5.74) is 0. The van der Waals surface area contributed by atoms with E-state index in [1.165, 1.54) is 6.92 Å². The van der Waals surface area contributed by atoms with Crippen LogP contribution in [0.5, 0.6) is 0 Å². The minimum atomic E-state index is -0.716. The van der Waals surface area contributed by atoms with Crippen molar-refractivity contribution < 1.29 is 19.4 Å². The third kappa shape index (κ3) is 11.9. The lowest BCUT2D eigenvalue weighted by atomic mass is 10.1. The fourth-order valence-corrected chi connectivity index (χ4v) is 1.91. The Labute approximate surface area is 116 Å². The first kappa shape index (κ1) is 16.7. The molecule has 0 fully saturated rings. The summed E-state index contributed by atoms with van der Waals surface area (Å²) in [6, 6.07) is 0. The third-order valence-electron chi connectivity index (χ3n) is 2.43. The van der Waals surface area contributed by atoms with E-state index in [1.54, 1.807) is 0 Å². The Morgan fingerprint density at radius 3 is 2.18 bits per heavy atom. The van der Waals surface area contributed by atoms with Crippen LogP contribution < -0.4 is 0 Å². The van der Waals surface area contributed by atoms with Gasteiger partial charge in [0.05, 0.1) is 6.61 Å². The molecule has 0 aliphatic rings. The molecule has 5 heteroatoms. The van der Waals surface area contributed by atoms with Gasteiger partial charge in [-0.2, -0.15) is 0 Å². The molecule has 1 unspecified atom stereocenters. The van der Waals surface area contributed by atoms with Crippen LogP contribution in [0.1, 0.15) is 51.9 Å². The van der Waals surface area contributed by atoms with E-state index in [4.69, 9.17) is 9.84 Å². The smallest absolute Gasteiger partial charge is 0.316 e. The van der Waals surface area contributed by atoms with E-state index in [9.17, 15) is 9.59 Å². The summed E-state index contributed by atoms with van der Waals surface area (Å²) in [4.78, 5) is 21.0. The van der Waals surface area contributed by atoms with E-state index in [2.05, 4.69) is 0 Å². The Morgan fingerprint density at radius 2 is 1.65 bits per heavy atom. The number of unbranched alkanes of at least 4 members (excludes halogenated alkanes) is 5. The summed E-state index contributed by atoms with van der Waals surface area (Å²) < 4.78 is 4.57. The summed E-state index contributed by atoms with van der Waals surface area (Å²) in [5, 5.41) is 8.68. The van der Waals surface area contributed by atoms with Crippen molar-refractivity contribution >= 4 is 34.5 Å². The number of rotatable bonds is 10. The van der Waals surface area contributed by atoms with Crippen molar-refractivity contribution in [1.82, 2.24) is 0 Å². The second-order valence-corrected chi connectivity index (χ2v) is 5.56. The Morgan fingerprint density at radius 1 is 1.12 bits per heavy atom. The maximum atomic E-state index is 10.5. The van der Waals surface area contributed by atoms with E-state index in [-0.39, 0.29) is 9.89 Å². The van der Waals surface area contributed by atoms with E-state index < -0.39 is 5.97 Å². The standard InChI is InChI=1S/C12H21IO4/c1-10(14)17-9-7-5-3-2-4-6-8-11(13)12(15)16/h11H,2-9H2,1H3,(H,15,16). The molecule has 0 heterocycles. The minimum absolute atomic E-state index is 0.216. The number of ether oxygens (including phenoxy) is 1. The molecular formula is C12H21IO4. The van der Waals surface area contributed by atoms with Gasteiger partial charge in [0.15, 0.2) is 0 Å². The number of aliphatic carboxylic acids is 1. The first-order valence-electron chi connectivity index (χ1n) is 6.04. The van der Waals surface area contributed by atoms with Gasteiger partial charge < -0.3 is 9.84 Å². The highest BCUT2D eigenvalue weighted by Crippen LogP contribution is 2.13. The number of hydrogen-bond acceptors (Lipinski definition) is 3. The third-order valence-corrected chi connectivity index (χ3v) is 3.58. The predicted octanol–water partition coefficient (Wildman–Crippen LogP) is 3.17. The lowest BCUT2D eigenvalue weighted by molar-refractivity contribution is -0.141. The van der Waals surface area contributed by atoms with E-state index in [1.807, 2.05) is 22.6 Å². The maximum absolute atomic E-state index is 10.5. The molecule has 1 atom stereocenters. The van der Waals surface area contributed by atoms with Gasteiger partial charge in [0.25, 0.3) is 0 Å². The Kier molecular flexibility index (Phi) is 10.6. The van der Waals surface area contributed by atoms with Gasteiger partial charge in [0.2, 0.25) is 0 Å². The van der Waals surface area contributed by atoms with Crippen LogP contribution in [0.4, 0.5) is 0 Å². The molecular weight excluding hydrogens is 335 g/mol. The number of halogens is 1. The molecule has 0 amide bonds. The molecule has 17 heavy (non-hydrogen) atoms. The number of carboxylic acids is 1. The van der Waals surface area contributed by atoms with Gasteiger partial charge in [-0.3, -0.25) is 9.59 Å². The van der Waals surface area contributed by atoms with Gasteiger partial charge >= 0.3 is 11.9 Å². The van der Waals surface area contributed by atoms with Crippen LogP contribution in [0, 0.1) is 0 Å². The largest absolute Gasteiger partial charge is 0.480 e. The van der Waals surface area contributed by atoms with Gasteiger partial charge in [-0.15, -0.1) is 0 Å². The average molecular weight is 356 g/mol. The number of carbonyl (C=O) groups is 2. The van der Waals surface area contributed by atoms with Crippen LogP contribution >= 0.6 is 22.6 Å². The second-order valence-electron chi connectivity index (χ2n) is 4.06. The zero-order valence-corrected chi connectivity index (χ0v) is 12.4. The molecule has 0 saturated heterocycles. The zero-order valence-electron chi connectivity index (χ0n) is 10.3. The first-order chi connectivity index (χ1) is 8.04. The van der Waals surface area contributed by atoms with Crippen LogP contribution in [0.25, 0.3) is 0 Å². The number of hydrogen-bond donors (Lipinski definition) is 1. The van der Waals surface area contributed by atoms with Crippen molar-refractivity contribution in [1.29, 1.82) is 0 Å². The van der Waals surface area contributed by atoms with Crippen LogP contribution in [0.3, 0.4) is 0 Å². The molecule has 1 N–H and O–H groups in total. The molecule has 0 rings (SSSR count). The molecule has 0 aromatic carbocycles. The Balaban J connectivity index is 3.14. The fraction of sp³-hybridized carbons (Fsp3) is 0.833. The lowest BCUT2D eigenvalue weighted by Gasteiger charge is -2.04. The van der Waals surface area contributed by atoms with Gasteiger partial charge in [-0.05, 0) is 12.8 Å². The van der Waals surface area contributed by atoms with Crippen molar-refractivity contribution in [2.24, 2.45) is 0 Å². The van der Waals surface area contributed by atoms with E-state index >= 15 is 0 Å². The normalized spacial score (nSPS) is 12.1. The quantitative estimate of drug-likeness (QED) is 0.283. The minimum Gasteiger partial charge on any atom is -0.480 e. The van der Waals surface area contributed by atoms with Crippen molar-refractivity contribution in [3.05, 3.63) is 0 Å². The molecule has 0 aliphatic heterocycles. The van der Waals surface area contributed by atoms with Crippen molar-refractivity contribution in [3.8, 4) is 0 Å². The number of carbonyl (C=O) groups excluding carboxylic acids is 1. The highest BCUT2D eigenvalue weighted by Gasteiger charge is 2.11. The SMILES string of the molecule is CC(=O)OCCCCCCCCC(I)C(=O)O. The maximum Gasteiger partial charge on any atom is 0.316 e. The highest BCUT2D eigenvalue weighted by atomic mass is 127. The summed E-state index contributed by atoms with van der Waals surface area (Å²) in [6.45, 7) is 1.94. The average Bonchev–Trinajstić information content (AvgIpc) is 2.25. The molecule has 0 bridgehead atoms. The van der Waals surface area contributed by atoms with Crippen LogP contribution in [0.15, 0.2) is 0 Å². The zero-order chi connectivity index (χ0) is 13.1. The van der Waals surface area contributed by atoms with Crippen molar-refractivity contribution in [2.75, 3.05) is 6.61 Å². The molecule has 0 saturated carbocycles. The van der Waals surface area contributed by atoms with Gasteiger partial charge in [0, 0.05) is 6.92 Å². The van der Waals surface area contributed by atoms with Crippen LogP contribution in [-0.2, 0) is 14.3 Å². The highest BCUT2D eigenvalue weighted by molar-refractivity contribution is 14.1. The summed E-state index contributed by atoms with van der Waals surface area (Å²) in [7, 11) is 0. The summed E-state index contributed by atoms with van der Waals surface area (Å²) >= 11 is 1.97. The topological polar surface area (TPSA) is 63.6 Å². The summed E-state index contributed by atoms with van der Waals surface area (Å²) in [5.74, 6) is -0.932. The van der Waals surface area contributed by atoms with Crippen molar-refractivity contribution in [2.45, 2.75) is 55.8 Å². The Hall–Kier alpha value is -0.330. The number of carboxylic acid groups (broad SMARTS) is 1. The number of alkyl halides is 1. The van der Waals surface area contributed by atoms with E-state index in [0.29, 0.717) is 6.61 Å². The first-order valence-corrected chi connectivity index (χ1v) is 7.29. The molecule has 0 aromatic rings. The predicted molar refractivity (Wildman–Crippen MR) is 74.4 cm³/mol. The lowest BCUT2D eigenvalue weighted by Crippen LogP contribution is -2.11. The number of esters is 1. The monoisotopic (exact) mass is 356 g/mol. The fourth-order valence-electron chi connectivity index (χ4n) is 1.47. The molecule has 0 spiro atoms. The summed E-state index contributed by atoms with van der Waals surface area (Å²) in [6.07, 6.45) is 7.06. The van der Waals surface area contributed by atoms with Gasteiger partial charge in [-0.1, -0.05) is 54.7 Å². The molecule has 0 radical (unpaired) electrons. The molecule has 0 aliphatic carbocycles. The molecule has 100 valence electrons. The van der Waals surface area contributed by atoms with Gasteiger partial charge in [0.1, 0.15) is 3.92 Å². The Bertz CT molecular complexity index is 231. The van der Waals surface area contributed by atoms with Crippen LogP contribution in [-0.4, -0.2) is 27.6 Å². The van der Waals surface area contributed by atoms with Gasteiger partial charge in [-0.25, -0.2) is 0 Å². The second kappa shape index (κ2) is 10.8. The molecule has 0 aromatic heterocycles. The van der Waals surface area contributed by atoms with Crippen LogP contribution in [0.2, 0.25) is 0 Å². The molecule has 4 nitrogen and oxygen atoms in total. The van der Waals surface area contributed by atoms with Crippen molar-refractivity contribution in [3.63, 3.8) is 0 Å². The van der Waals surface area contributed by atoms with E-state index in [0.717, 1.165) is 44.9 Å².